The number of ether oxygens (including phenoxy) is 8. The van der Waals surface area contributed by atoms with Crippen LogP contribution in [0.4, 0.5) is 0 Å². The average Bonchev–Trinajstić information content (AvgIpc) is 4.09. The lowest BCUT2D eigenvalue weighted by atomic mass is 9.81. The van der Waals surface area contributed by atoms with Gasteiger partial charge in [-0.05, 0) is 110 Å². The van der Waals surface area contributed by atoms with E-state index in [4.69, 9.17) is 51.2 Å². The first kappa shape index (κ1) is 58.3. The Hall–Kier alpha value is -0.899. The first-order valence-electron chi connectivity index (χ1n) is 29.8. The molecule has 15 heteroatoms. The Morgan fingerprint density at radius 2 is 1.32 bits per heavy atom. The van der Waals surface area contributed by atoms with Crippen molar-refractivity contribution in [1.29, 1.82) is 0 Å². The van der Waals surface area contributed by atoms with E-state index in [9.17, 15) is 4.79 Å². The minimum absolute atomic E-state index is 0.0287. The van der Waals surface area contributed by atoms with Crippen LogP contribution >= 0.6 is 0 Å². The molecule has 9 heterocycles. The summed E-state index contributed by atoms with van der Waals surface area (Å²) < 4.78 is 77.8. The van der Waals surface area contributed by atoms with E-state index in [2.05, 4.69) is 88.5 Å². The largest absolute Gasteiger partial charge is 0.414 e. The first-order chi connectivity index (χ1) is 35.1. The maximum Gasteiger partial charge on any atom is 0.192 e. The predicted molar refractivity (Wildman–Crippen MR) is 294 cm³/mol. The van der Waals surface area contributed by atoms with Gasteiger partial charge >= 0.3 is 0 Å². The Balaban J connectivity index is 1.08. The van der Waals surface area contributed by atoms with E-state index in [1.807, 2.05) is 6.08 Å². The maximum atomic E-state index is 14.5. The highest BCUT2D eigenvalue weighted by Crippen LogP contribution is 2.54. The van der Waals surface area contributed by atoms with E-state index >= 15 is 0 Å². The molecule has 73 heavy (non-hydrogen) atoms. The topological polar surface area (TPSA) is 119 Å². The van der Waals surface area contributed by atoms with Crippen molar-refractivity contribution in [3.8, 4) is 0 Å². The smallest absolute Gasteiger partial charge is 0.192 e. The highest BCUT2D eigenvalue weighted by molar-refractivity contribution is 6.74. The van der Waals surface area contributed by atoms with Gasteiger partial charge in [-0.2, -0.15) is 0 Å². The number of hydrogen-bond acceptors (Lipinski definition) is 12. The summed E-state index contributed by atoms with van der Waals surface area (Å²) in [5, 5.41) is 0. The average molecular weight is 1070 g/mol. The molecule has 416 valence electrons. The zero-order chi connectivity index (χ0) is 52.3. The Bertz CT molecular complexity index is 1850. The molecule has 1 spiro atoms. The van der Waals surface area contributed by atoms with E-state index in [1.165, 1.54) is 0 Å². The number of carbonyl (C=O) groups is 1. The summed E-state index contributed by atoms with van der Waals surface area (Å²) in [4.78, 5) is 14.5. The molecule has 18 atom stereocenters. The number of carbonyl (C=O) groups excluding carboxylic acids is 1. The number of methoxy groups -OCH3 is 1. The van der Waals surface area contributed by atoms with Crippen molar-refractivity contribution in [1.82, 2.24) is 0 Å². The number of rotatable bonds is 19. The van der Waals surface area contributed by atoms with Crippen LogP contribution in [0, 0.1) is 11.8 Å². The van der Waals surface area contributed by atoms with Crippen LogP contribution < -0.4 is 0 Å². The van der Waals surface area contributed by atoms with E-state index < -0.39 is 30.7 Å². The van der Waals surface area contributed by atoms with Crippen molar-refractivity contribution in [2.75, 3.05) is 13.7 Å². The SMILES string of the molecule is C=C1C(C)CC2CC[C@@H]3OC(CC[C@@]45C[C@H]6OC7C(O4)C(O[Si](CC)(CC)CC)[C@H](C/C=C/CC(=O)CC4[C@H](CC1O2)O[C@H](CC(CO[Si](CC)(CC)CC)O[Si](CC)(CC)CC)[C@@H]4OC)O[C@H]7C6O5)CC3=C. The van der Waals surface area contributed by atoms with Crippen LogP contribution in [0.2, 0.25) is 54.4 Å². The van der Waals surface area contributed by atoms with Gasteiger partial charge in [0.15, 0.2) is 30.7 Å². The molecular weight excluding hydrogens is 973 g/mol. The number of allylic oxidation sites excluding steroid dienone is 1. The van der Waals surface area contributed by atoms with Crippen molar-refractivity contribution in [3.63, 3.8) is 0 Å². The van der Waals surface area contributed by atoms with E-state index in [1.54, 1.807) is 7.11 Å². The van der Waals surface area contributed by atoms with Gasteiger partial charge in [0.05, 0.1) is 67.6 Å². The Kier molecular flexibility index (Phi) is 20.0. The minimum Gasteiger partial charge on any atom is -0.414 e. The Labute approximate surface area is 444 Å². The standard InChI is InChI=1S/C58H100O12Si3/c1-14-71(15-2,16-3)61-37-44(69-72(17-4,18-5)19-6)34-50-52(60-13)45-33-41(59)25-23-24-26-47-54(70-73(20-7,21-8)22-9)57-56-55(65-47)53-51(66-56)36-58(67-53,68-57)30-29-43-32-39(11)46(62-43)28-27-42-31-38(10)40(12)48(63-42)35-49(45)64-50/h23-24,38,42-57H,11-12,14-22,25-37H2,1-10,13H3/b24-23+/t38?,42?,43?,44?,45?,46-,47-,48?,49-,50+,51+,52+,53?,54?,55-,56?,57?,58-/m0/s1. The Morgan fingerprint density at radius 1 is 0.671 bits per heavy atom. The summed E-state index contributed by atoms with van der Waals surface area (Å²) in [7, 11) is -4.28. The van der Waals surface area contributed by atoms with Gasteiger partial charge < -0.3 is 51.2 Å². The lowest BCUT2D eigenvalue weighted by Crippen LogP contribution is -2.62. The molecule has 0 aliphatic carbocycles. The summed E-state index contributed by atoms with van der Waals surface area (Å²) in [6.07, 6.45) is 9.57. The molecule has 0 amide bonds. The highest BCUT2D eigenvalue weighted by Gasteiger charge is 2.68. The third-order valence-corrected chi connectivity index (χ3v) is 34.2. The molecule has 0 N–H and O–H groups in total. The third-order valence-electron chi connectivity index (χ3n) is 20.2. The third kappa shape index (κ3) is 12.5. The number of hydrogen-bond donors (Lipinski definition) is 0. The fourth-order valence-corrected chi connectivity index (χ4v) is 23.0. The van der Waals surface area contributed by atoms with Crippen molar-refractivity contribution >= 4 is 30.7 Å². The summed E-state index contributed by atoms with van der Waals surface area (Å²) in [6, 6.07) is 9.47. The van der Waals surface area contributed by atoms with Gasteiger partial charge in [-0.15, -0.1) is 0 Å². The zero-order valence-corrected chi connectivity index (χ0v) is 50.3. The highest BCUT2D eigenvalue weighted by atomic mass is 28.4. The molecule has 10 unspecified atom stereocenters. The van der Waals surface area contributed by atoms with Gasteiger partial charge in [0.1, 0.15) is 36.3 Å². The van der Waals surface area contributed by atoms with E-state index in [0.717, 1.165) is 97.6 Å². The van der Waals surface area contributed by atoms with Crippen LogP contribution in [0.5, 0.6) is 0 Å². The fraction of sp³-hybridized carbons (Fsp3) is 0.879. The lowest BCUT2D eigenvalue weighted by molar-refractivity contribution is -0.271. The van der Waals surface area contributed by atoms with Gasteiger partial charge in [-0.1, -0.05) is 94.5 Å². The first-order valence-corrected chi connectivity index (χ1v) is 37.4. The molecule has 0 aromatic heterocycles. The summed E-state index contributed by atoms with van der Waals surface area (Å²) >= 11 is 0. The van der Waals surface area contributed by atoms with Crippen molar-refractivity contribution < 1.29 is 56.0 Å². The van der Waals surface area contributed by atoms with Crippen LogP contribution in [-0.2, 0) is 56.0 Å². The molecule has 0 aromatic rings. The van der Waals surface area contributed by atoms with Crippen LogP contribution in [0.1, 0.15) is 146 Å². The predicted octanol–water partition coefficient (Wildman–Crippen LogP) is 12.3. The monoisotopic (exact) mass is 1070 g/mol. The number of ketones is 1. The van der Waals surface area contributed by atoms with Crippen LogP contribution in [0.15, 0.2) is 36.5 Å². The molecule has 8 saturated heterocycles. The number of fused-ring (bicyclic) bond motifs is 6. The molecule has 12 nitrogen and oxygen atoms in total. The van der Waals surface area contributed by atoms with Crippen LogP contribution in [0.25, 0.3) is 0 Å². The molecule has 11 bridgehead atoms. The molecule has 8 fully saturated rings. The minimum atomic E-state index is -2.13. The van der Waals surface area contributed by atoms with Gasteiger partial charge in [0.25, 0.3) is 0 Å². The zero-order valence-electron chi connectivity index (χ0n) is 47.3. The van der Waals surface area contributed by atoms with Crippen LogP contribution in [-0.4, -0.2) is 142 Å². The number of Topliss-reactive ketones (excluding diaryl/α,β-unsaturated/α-hetero) is 1. The van der Waals surface area contributed by atoms with Crippen molar-refractivity contribution in [3.05, 3.63) is 36.5 Å². The molecule has 9 rings (SSSR count). The van der Waals surface area contributed by atoms with Crippen molar-refractivity contribution in [2.45, 2.75) is 298 Å². The molecule has 9 aliphatic rings. The van der Waals surface area contributed by atoms with E-state index in [0.29, 0.717) is 51.6 Å². The van der Waals surface area contributed by atoms with Gasteiger partial charge in [-0.3, -0.25) is 4.79 Å². The second-order valence-electron chi connectivity index (χ2n) is 23.8. The lowest BCUT2D eigenvalue weighted by Gasteiger charge is -2.47. The molecular formula is C58H100O12Si3. The second-order valence-corrected chi connectivity index (χ2v) is 38.0. The summed E-state index contributed by atoms with van der Waals surface area (Å²) in [5.41, 5.74) is 2.26. The quantitative estimate of drug-likeness (QED) is 0.0905. The van der Waals surface area contributed by atoms with Gasteiger partial charge in [-0.25, -0.2) is 0 Å². The van der Waals surface area contributed by atoms with Crippen LogP contribution in [0.3, 0.4) is 0 Å². The van der Waals surface area contributed by atoms with Gasteiger partial charge in [0, 0.05) is 51.6 Å². The van der Waals surface area contributed by atoms with Crippen molar-refractivity contribution in [2.24, 2.45) is 11.8 Å². The normalized spacial score (nSPS) is 40.3. The fourth-order valence-electron chi connectivity index (χ4n) is 14.6. The van der Waals surface area contributed by atoms with Gasteiger partial charge in [0.2, 0.25) is 0 Å². The van der Waals surface area contributed by atoms with E-state index in [-0.39, 0.29) is 109 Å². The molecule has 0 radical (unpaired) electrons. The molecule has 9 aliphatic heterocycles. The summed E-state index contributed by atoms with van der Waals surface area (Å²) in [6.45, 7) is 32.6. The maximum absolute atomic E-state index is 14.5. The summed E-state index contributed by atoms with van der Waals surface area (Å²) in [5.74, 6) is -0.515. The second kappa shape index (κ2) is 25.1. The molecule has 0 saturated carbocycles. The molecule has 0 aromatic carbocycles. The Morgan fingerprint density at radius 3 is 1.99 bits per heavy atom.